The van der Waals surface area contributed by atoms with Crippen LogP contribution in [0.4, 0.5) is 0 Å². The zero-order valence-electron chi connectivity index (χ0n) is 6.29. The summed E-state index contributed by atoms with van der Waals surface area (Å²) >= 11 is 0. The predicted molar refractivity (Wildman–Crippen MR) is 19.8 cm³/mol. The van der Waals surface area contributed by atoms with Crippen LogP contribution in [-0.4, -0.2) is 5.60 Å². The van der Waals surface area contributed by atoms with E-state index in [0.29, 0.717) is 0 Å². The second kappa shape index (κ2) is 10.2. The molecule has 0 unspecified atom stereocenters. The molecule has 0 aliphatic rings. The van der Waals surface area contributed by atoms with Crippen LogP contribution < -0.4 is 113 Å². The van der Waals surface area contributed by atoms with E-state index in [1.807, 2.05) is 0 Å². The Hall–Kier alpha value is 3.16. The van der Waals surface area contributed by atoms with E-state index < -0.39 is 5.60 Å². The smallest absolute Gasteiger partial charge is 1.00 e. The predicted octanol–water partition coefficient (Wildman–Crippen LogP) is -8.84. The first-order valence-corrected chi connectivity index (χ1v) is 1.70. The van der Waals surface area contributed by atoms with E-state index >= 15 is 0 Å². The summed E-state index contributed by atoms with van der Waals surface area (Å²) in [6.45, 7) is 4.90. The molecule has 0 bridgehead atoms. The van der Waals surface area contributed by atoms with Gasteiger partial charge in [-0.05, 0) is 0 Å². The summed E-state index contributed by atoms with van der Waals surface area (Å²) in [5.74, 6) is 0. The fraction of sp³-hybridized carbons (Fsp3) is 1.00. The Bertz CT molecular complexity index is 29.5. The van der Waals surface area contributed by atoms with E-state index in [-0.39, 0.29) is 107 Å². The molecular formula is C4H9FK2O. The Kier molecular flexibility index (Phi) is 28.5. The van der Waals surface area contributed by atoms with Gasteiger partial charge in [0.1, 0.15) is 0 Å². The Morgan fingerprint density at radius 2 is 1.00 bits per heavy atom. The third-order valence-electron chi connectivity index (χ3n) is 0. The summed E-state index contributed by atoms with van der Waals surface area (Å²) < 4.78 is 0. The average molecular weight is 170 g/mol. The van der Waals surface area contributed by atoms with Crippen molar-refractivity contribution in [2.75, 3.05) is 0 Å². The van der Waals surface area contributed by atoms with Crippen molar-refractivity contribution >= 4 is 0 Å². The summed E-state index contributed by atoms with van der Waals surface area (Å²) in [6, 6.07) is 0. The maximum Gasteiger partial charge on any atom is 1.00 e. The minimum absolute atomic E-state index is 0. The van der Waals surface area contributed by atoms with E-state index in [1.165, 1.54) is 0 Å². The zero-order chi connectivity index (χ0) is 4.50. The molecule has 4 heteroatoms. The van der Waals surface area contributed by atoms with Crippen LogP contribution in [0.3, 0.4) is 0 Å². The van der Waals surface area contributed by atoms with Crippen molar-refractivity contribution < 1.29 is 113 Å². The molecular weight excluding hydrogens is 161 g/mol. The van der Waals surface area contributed by atoms with Crippen LogP contribution in [0.2, 0.25) is 0 Å². The van der Waals surface area contributed by atoms with Crippen molar-refractivity contribution in [1.82, 2.24) is 0 Å². The summed E-state index contributed by atoms with van der Waals surface area (Å²) in [7, 11) is 0. The first-order valence-electron chi connectivity index (χ1n) is 1.70. The van der Waals surface area contributed by atoms with E-state index in [1.54, 1.807) is 20.8 Å². The minimum Gasteiger partial charge on any atom is -1.00 e. The molecule has 0 radical (unpaired) electrons. The van der Waals surface area contributed by atoms with Gasteiger partial charge in [-0.25, -0.2) is 0 Å². The average Bonchev–Trinajstić information content (AvgIpc) is 0.722. The van der Waals surface area contributed by atoms with Gasteiger partial charge in [-0.15, -0.1) is 5.60 Å². The van der Waals surface area contributed by atoms with Gasteiger partial charge in [-0.1, -0.05) is 20.8 Å². The fourth-order valence-electron chi connectivity index (χ4n) is 0. The molecule has 0 rings (SSSR count). The van der Waals surface area contributed by atoms with Crippen LogP contribution in [-0.2, 0) is 0 Å². The van der Waals surface area contributed by atoms with E-state index in [4.69, 9.17) is 0 Å². The molecule has 0 aliphatic carbocycles. The van der Waals surface area contributed by atoms with Gasteiger partial charge in [0.15, 0.2) is 0 Å². The molecule has 40 valence electrons. The first kappa shape index (κ1) is 22.5. The summed E-state index contributed by atoms with van der Waals surface area (Å²) in [5.41, 5.74) is -0.750. The van der Waals surface area contributed by atoms with Gasteiger partial charge >= 0.3 is 103 Å². The number of halogens is 1. The van der Waals surface area contributed by atoms with Gasteiger partial charge < -0.3 is 9.81 Å². The summed E-state index contributed by atoms with van der Waals surface area (Å²) in [6.07, 6.45) is 0. The molecule has 0 fully saturated rings. The van der Waals surface area contributed by atoms with Crippen molar-refractivity contribution in [3.8, 4) is 0 Å². The quantitative estimate of drug-likeness (QED) is 0.331. The summed E-state index contributed by atoms with van der Waals surface area (Å²) in [5, 5.41) is 10.1. The van der Waals surface area contributed by atoms with Gasteiger partial charge in [0.05, 0.1) is 0 Å². The third kappa shape index (κ3) is 61.0. The van der Waals surface area contributed by atoms with Gasteiger partial charge in [-0.2, -0.15) is 0 Å². The van der Waals surface area contributed by atoms with E-state index in [9.17, 15) is 5.11 Å². The molecule has 0 spiro atoms. The molecule has 1 nitrogen and oxygen atoms in total. The van der Waals surface area contributed by atoms with Crippen molar-refractivity contribution in [2.45, 2.75) is 26.4 Å². The molecule has 0 heterocycles. The van der Waals surface area contributed by atoms with Crippen LogP contribution in [0.25, 0.3) is 0 Å². The standard InChI is InChI=1S/C4H9O.FH.2K/c1-4(2,3)5;;;/h1-3H3;1H;;/q-1;;2*+1/p-1. The van der Waals surface area contributed by atoms with Gasteiger partial charge in [-0.3, -0.25) is 0 Å². The fourth-order valence-corrected chi connectivity index (χ4v) is 0. The topological polar surface area (TPSA) is 23.1 Å². The Balaban J connectivity index is -0.0000000267. The molecule has 0 atom stereocenters. The van der Waals surface area contributed by atoms with E-state index in [0.717, 1.165) is 0 Å². The number of rotatable bonds is 0. The van der Waals surface area contributed by atoms with Crippen LogP contribution >= 0.6 is 0 Å². The van der Waals surface area contributed by atoms with Gasteiger partial charge in [0, 0.05) is 0 Å². The Morgan fingerprint density at radius 3 is 1.00 bits per heavy atom. The van der Waals surface area contributed by atoms with Crippen LogP contribution in [0.1, 0.15) is 20.8 Å². The molecule has 0 aromatic rings. The van der Waals surface area contributed by atoms with Gasteiger partial charge in [0.25, 0.3) is 0 Å². The SMILES string of the molecule is CC(C)(C)[O-].[F-].[K+].[K+]. The Morgan fingerprint density at radius 1 is 1.00 bits per heavy atom. The van der Waals surface area contributed by atoms with Crippen LogP contribution in [0.15, 0.2) is 0 Å². The van der Waals surface area contributed by atoms with Crippen molar-refractivity contribution in [3.63, 3.8) is 0 Å². The van der Waals surface area contributed by atoms with Crippen LogP contribution in [0, 0.1) is 0 Å². The van der Waals surface area contributed by atoms with Crippen molar-refractivity contribution in [1.29, 1.82) is 0 Å². The number of hydrogen-bond acceptors (Lipinski definition) is 1. The van der Waals surface area contributed by atoms with Crippen molar-refractivity contribution in [3.05, 3.63) is 0 Å². The van der Waals surface area contributed by atoms with Crippen molar-refractivity contribution in [2.24, 2.45) is 0 Å². The minimum atomic E-state index is -0.750. The second-order valence-corrected chi connectivity index (χ2v) is 2.11. The molecule has 0 aromatic carbocycles. The molecule has 0 aliphatic heterocycles. The Labute approximate surface area is 135 Å². The first-order chi connectivity index (χ1) is 2.00. The molecule has 0 saturated heterocycles. The normalized spacial score (nSPS) is 7.50. The summed E-state index contributed by atoms with van der Waals surface area (Å²) in [4.78, 5) is 0. The monoisotopic (exact) mass is 170 g/mol. The molecule has 0 amide bonds. The van der Waals surface area contributed by atoms with Crippen LogP contribution in [0.5, 0.6) is 0 Å². The second-order valence-electron chi connectivity index (χ2n) is 2.11. The molecule has 0 aromatic heterocycles. The maximum absolute atomic E-state index is 10.1. The van der Waals surface area contributed by atoms with Gasteiger partial charge in [0.2, 0.25) is 0 Å². The molecule has 8 heavy (non-hydrogen) atoms. The maximum atomic E-state index is 10.1. The zero-order valence-corrected chi connectivity index (χ0v) is 12.5. The molecule has 0 N–H and O–H groups in total. The largest absolute Gasteiger partial charge is 1.00 e. The third-order valence-corrected chi connectivity index (χ3v) is 0. The van der Waals surface area contributed by atoms with E-state index in [2.05, 4.69) is 0 Å². The number of hydrogen-bond donors (Lipinski definition) is 0. The molecule has 0 saturated carbocycles.